The van der Waals surface area contributed by atoms with Gasteiger partial charge in [-0.15, -0.1) is 0 Å². The fourth-order valence-corrected chi connectivity index (χ4v) is 2.17. The number of ether oxygens (including phenoxy) is 1. The van der Waals surface area contributed by atoms with Gasteiger partial charge in [0.2, 0.25) is 0 Å². The van der Waals surface area contributed by atoms with Gasteiger partial charge in [-0.25, -0.2) is 4.79 Å². The predicted octanol–water partition coefficient (Wildman–Crippen LogP) is 1.79. The lowest BCUT2D eigenvalue weighted by Gasteiger charge is -2.04. The van der Waals surface area contributed by atoms with Crippen LogP contribution in [-0.2, 0) is 18.4 Å². The molecular formula is C15H13N3O4. The summed E-state index contributed by atoms with van der Waals surface area (Å²) < 4.78 is 11.8. The van der Waals surface area contributed by atoms with Crippen molar-refractivity contribution in [3.05, 3.63) is 52.6 Å². The van der Waals surface area contributed by atoms with Crippen molar-refractivity contribution in [2.45, 2.75) is 6.61 Å². The van der Waals surface area contributed by atoms with Gasteiger partial charge in [0.15, 0.2) is 12.0 Å². The second-order valence-electron chi connectivity index (χ2n) is 4.80. The largest absolute Gasteiger partial charge is 0.457 e. The molecule has 2 N–H and O–H groups in total. The third kappa shape index (κ3) is 2.69. The molecule has 112 valence electrons. The van der Waals surface area contributed by atoms with Crippen LogP contribution in [0.15, 0.2) is 45.9 Å². The number of benzene rings is 1. The van der Waals surface area contributed by atoms with E-state index in [2.05, 4.69) is 9.84 Å². The summed E-state index contributed by atoms with van der Waals surface area (Å²) in [4.78, 5) is 22.8. The first-order valence-electron chi connectivity index (χ1n) is 6.51. The normalized spacial score (nSPS) is 10.8. The van der Waals surface area contributed by atoms with Gasteiger partial charge in [-0.1, -0.05) is 6.07 Å². The van der Waals surface area contributed by atoms with Crippen molar-refractivity contribution in [3.8, 4) is 11.1 Å². The number of aryl methyl sites for hydroxylation is 1. The molecule has 0 spiro atoms. The molecule has 0 bridgehead atoms. The second kappa shape index (κ2) is 5.36. The summed E-state index contributed by atoms with van der Waals surface area (Å²) in [7, 11) is 1.82. The Morgan fingerprint density at radius 1 is 1.36 bits per heavy atom. The van der Waals surface area contributed by atoms with E-state index >= 15 is 0 Å². The molecule has 0 atom stereocenters. The second-order valence-corrected chi connectivity index (χ2v) is 4.80. The smallest absolute Gasteiger partial charge is 0.404 e. The van der Waals surface area contributed by atoms with E-state index in [1.54, 1.807) is 23.0 Å². The number of rotatable bonds is 3. The lowest BCUT2D eigenvalue weighted by molar-refractivity contribution is 0.141. The molecule has 3 rings (SSSR count). The Kier molecular flexibility index (Phi) is 3.38. The van der Waals surface area contributed by atoms with Gasteiger partial charge in [0.1, 0.15) is 11.3 Å². The van der Waals surface area contributed by atoms with E-state index in [0.29, 0.717) is 11.0 Å². The highest BCUT2D eigenvalue weighted by molar-refractivity contribution is 5.82. The monoisotopic (exact) mass is 299 g/mol. The minimum Gasteiger partial charge on any atom is -0.457 e. The van der Waals surface area contributed by atoms with Gasteiger partial charge < -0.3 is 14.9 Å². The molecule has 0 aliphatic carbocycles. The van der Waals surface area contributed by atoms with E-state index in [1.165, 1.54) is 6.07 Å². The summed E-state index contributed by atoms with van der Waals surface area (Å²) in [6, 6.07) is 6.57. The van der Waals surface area contributed by atoms with Crippen molar-refractivity contribution >= 4 is 17.1 Å². The Morgan fingerprint density at radius 2 is 2.18 bits per heavy atom. The minimum absolute atomic E-state index is 0.176. The van der Waals surface area contributed by atoms with Crippen LogP contribution in [0.25, 0.3) is 22.1 Å². The van der Waals surface area contributed by atoms with Crippen molar-refractivity contribution < 1.29 is 13.9 Å². The number of nitrogens with zero attached hydrogens (tertiary/aromatic N) is 2. The van der Waals surface area contributed by atoms with Crippen molar-refractivity contribution in [3.63, 3.8) is 0 Å². The Morgan fingerprint density at radius 3 is 2.86 bits per heavy atom. The number of carbonyl (C=O) groups excluding carboxylic acids is 1. The first-order chi connectivity index (χ1) is 10.5. The maximum atomic E-state index is 12.2. The number of aromatic nitrogens is 2. The lowest BCUT2D eigenvalue weighted by atomic mass is 10.1. The van der Waals surface area contributed by atoms with Crippen LogP contribution < -0.4 is 11.2 Å². The average Bonchev–Trinajstić information content (AvgIpc) is 2.91. The molecule has 2 heterocycles. The zero-order valence-corrected chi connectivity index (χ0v) is 11.8. The van der Waals surface area contributed by atoms with E-state index in [0.717, 1.165) is 11.1 Å². The maximum Gasteiger partial charge on any atom is 0.404 e. The van der Waals surface area contributed by atoms with E-state index in [4.69, 9.17) is 10.2 Å². The third-order valence-electron chi connectivity index (χ3n) is 3.17. The van der Waals surface area contributed by atoms with Gasteiger partial charge in [-0.2, -0.15) is 5.10 Å². The van der Waals surface area contributed by atoms with Crippen molar-refractivity contribution in [1.82, 2.24) is 9.78 Å². The number of amides is 1. The highest BCUT2D eigenvalue weighted by Gasteiger charge is 2.09. The van der Waals surface area contributed by atoms with Crippen LogP contribution in [0, 0.1) is 0 Å². The molecule has 2 aromatic heterocycles. The summed E-state index contributed by atoms with van der Waals surface area (Å²) in [6.45, 7) is -0.176. The highest BCUT2D eigenvalue weighted by Crippen LogP contribution is 2.23. The minimum atomic E-state index is -0.922. The summed E-state index contributed by atoms with van der Waals surface area (Å²) in [5.41, 5.74) is 6.87. The first-order valence-corrected chi connectivity index (χ1v) is 6.51. The van der Waals surface area contributed by atoms with Gasteiger partial charge >= 0.3 is 6.09 Å². The molecule has 3 aromatic rings. The molecule has 22 heavy (non-hydrogen) atoms. The van der Waals surface area contributed by atoms with E-state index in [9.17, 15) is 9.59 Å². The van der Waals surface area contributed by atoms with E-state index < -0.39 is 6.09 Å². The van der Waals surface area contributed by atoms with Crippen molar-refractivity contribution in [1.29, 1.82) is 0 Å². The molecule has 0 saturated heterocycles. The SMILES string of the molecule is Cn1cc(-c2ccc3oc(COC(N)=O)cc(=O)c3c2)cn1. The van der Waals surface area contributed by atoms with Gasteiger partial charge in [0.25, 0.3) is 0 Å². The molecule has 7 heteroatoms. The van der Waals surface area contributed by atoms with Crippen molar-refractivity contribution in [2.75, 3.05) is 0 Å². The number of primary amides is 1. The highest BCUT2D eigenvalue weighted by atomic mass is 16.6. The molecule has 0 fully saturated rings. The number of nitrogens with two attached hydrogens (primary N) is 1. The molecule has 7 nitrogen and oxygen atoms in total. The lowest BCUT2D eigenvalue weighted by Crippen LogP contribution is -2.13. The molecule has 0 aliphatic heterocycles. The number of fused-ring (bicyclic) bond motifs is 1. The molecule has 1 aromatic carbocycles. The van der Waals surface area contributed by atoms with Gasteiger partial charge in [0, 0.05) is 24.9 Å². The summed E-state index contributed by atoms with van der Waals surface area (Å²) in [5, 5.41) is 4.55. The summed E-state index contributed by atoms with van der Waals surface area (Å²) in [6.07, 6.45) is 2.66. The number of carbonyl (C=O) groups is 1. The van der Waals surface area contributed by atoms with Gasteiger partial charge in [0.05, 0.1) is 11.6 Å². The summed E-state index contributed by atoms with van der Waals surface area (Å²) in [5.74, 6) is 0.241. The van der Waals surface area contributed by atoms with E-state index in [-0.39, 0.29) is 17.8 Å². The fourth-order valence-electron chi connectivity index (χ4n) is 2.17. The van der Waals surface area contributed by atoms with Gasteiger partial charge in [-0.3, -0.25) is 9.48 Å². The molecule has 1 amide bonds. The maximum absolute atomic E-state index is 12.2. The predicted molar refractivity (Wildman–Crippen MR) is 79.1 cm³/mol. The Bertz CT molecular complexity index is 911. The van der Waals surface area contributed by atoms with Crippen LogP contribution in [-0.4, -0.2) is 15.9 Å². The average molecular weight is 299 g/mol. The zero-order chi connectivity index (χ0) is 15.7. The Balaban J connectivity index is 2.03. The zero-order valence-electron chi connectivity index (χ0n) is 11.8. The van der Waals surface area contributed by atoms with Crippen LogP contribution in [0.5, 0.6) is 0 Å². The molecule has 0 radical (unpaired) electrons. The van der Waals surface area contributed by atoms with E-state index in [1.807, 2.05) is 19.3 Å². The van der Waals surface area contributed by atoms with Crippen LogP contribution >= 0.6 is 0 Å². The number of hydrogen-bond donors (Lipinski definition) is 1. The molecular weight excluding hydrogens is 286 g/mol. The topological polar surface area (TPSA) is 100 Å². The van der Waals surface area contributed by atoms with Crippen LogP contribution in [0.3, 0.4) is 0 Å². The third-order valence-corrected chi connectivity index (χ3v) is 3.17. The number of hydrogen-bond acceptors (Lipinski definition) is 5. The quantitative estimate of drug-likeness (QED) is 0.794. The Hall–Kier alpha value is -3.09. The van der Waals surface area contributed by atoms with Crippen LogP contribution in [0.1, 0.15) is 5.76 Å². The first kappa shape index (κ1) is 13.9. The van der Waals surface area contributed by atoms with Crippen molar-refractivity contribution in [2.24, 2.45) is 12.8 Å². The molecule has 0 unspecified atom stereocenters. The fraction of sp³-hybridized carbons (Fsp3) is 0.133. The summed E-state index contributed by atoms with van der Waals surface area (Å²) >= 11 is 0. The standard InChI is InChI=1S/C15H13N3O4/c1-18-7-10(6-17-18)9-2-3-14-12(4-9)13(19)5-11(22-14)8-21-15(16)20/h2-7H,8H2,1H3,(H2,16,20). The molecule has 0 saturated carbocycles. The van der Waals surface area contributed by atoms with Crippen LogP contribution in [0.4, 0.5) is 4.79 Å². The Labute approximate surface area is 124 Å². The van der Waals surface area contributed by atoms with Crippen LogP contribution in [0.2, 0.25) is 0 Å². The van der Waals surface area contributed by atoms with Gasteiger partial charge in [-0.05, 0) is 17.7 Å². The molecule has 0 aliphatic rings.